The predicted molar refractivity (Wildman–Crippen MR) is 81.9 cm³/mol. The summed E-state index contributed by atoms with van der Waals surface area (Å²) < 4.78 is 5.15. The molecule has 0 aliphatic heterocycles. The number of hydrogen-bond donors (Lipinski definition) is 1. The number of azide groups is 1. The normalized spacial score (nSPS) is 11.6. The van der Waals surface area contributed by atoms with Crippen LogP contribution >= 0.6 is 0 Å². The van der Waals surface area contributed by atoms with E-state index in [9.17, 15) is 4.79 Å². The Bertz CT molecular complexity index is 524. The second-order valence-electron chi connectivity index (χ2n) is 4.74. The van der Waals surface area contributed by atoms with Crippen LogP contribution in [-0.2, 0) is 9.53 Å². The number of ether oxygens (including phenoxy) is 1. The molecule has 21 heavy (non-hydrogen) atoms. The van der Waals surface area contributed by atoms with E-state index in [2.05, 4.69) is 15.3 Å². The monoisotopic (exact) mass is 290 g/mol. The summed E-state index contributed by atoms with van der Waals surface area (Å²) in [7, 11) is 0. The molecule has 0 spiro atoms. The van der Waals surface area contributed by atoms with E-state index >= 15 is 0 Å². The van der Waals surface area contributed by atoms with E-state index in [-0.39, 0.29) is 5.97 Å². The summed E-state index contributed by atoms with van der Waals surface area (Å²) in [6.07, 6.45) is 0.671. The molecule has 0 aliphatic rings. The molecule has 0 bridgehead atoms. The van der Waals surface area contributed by atoms with Gasteiger partial charge in [0.25, 0.3) is 0 Å². The molecule has 0 radical (unpaired) electrons. The van der Waals surface area contributed by atoms with Crippen molar-refractivity contribution in [1.29, 1.82) is 0 Å². The maximum absolute atomic E-state index is 12.2. The molecule has 0 fully saturated rings. The first-order valence-corrected chi connectivity index (χ1v) is 7.08. The second kappa shape index (κ2) is 9.00. The fraction of sp³-hybridized carbons (Fsp3) is 0.533. The molecule has 1 unspecified atom stereocenters. The van der Waals surface area contributed by atoms with Crippen LogP contribution in [0.25, 0.3) is 10.4 Å². The Hall–Kier alpha value is -2.04. The maximum atomic E-state index is 12.2. The van der Waals surface area contributed by atoms with E-state index in [0.29, 0.717) is 26.1 Å². The van der Waals surface area contributed by atoms with Gasteiger partial charge in [0.05, 0.1) is 6.61 Å². The van der Waals surface area contributed by atoms with E-state index in [4.69, 9.17) is 10.3 Å². The Balaban J connectivity index is 2.84. The molecule has 6 nitrogen and oxygen atoms in total. The Kier molecular flexibility index (Phi) is 7.29. The van der Waals surface area contributed by atoms with Crippen LogP contribution in [0, 0.1) is 13.8 Å². The lowest BCUT2D eigenvalue weighted by Gasteiger charge is -2.20. The van der Waals surface area contributed by atoms with Crippen molar-refractivity contribution < 1.29 is 9.53 Å². The fourth-order valence-corrected chi connectivity index (χ4v) is 2.07. The minimum Gasteiger partial charge on any atom is -0.465 e. The Morgan fingerprint density at radius 2 is 2.24 bits per heavy atom. The Morgan fingerprint density at radius 3 is 2.90 bits per heavy atom. The van der Waals surface area contributed by atoms with Crippen LogP contribution in [0.2, 0.25) is 0 Å². The third-order valence-corrected chi connectivity index (χ3v) is 3.33. The molecule has 0 saturated carbocycles. The van der Waals surface area contributed by atoms with Gasteiger partial charge in [-0.25, -0.2) is 4.79 Å². The summed E-state index contributed by atoms with van der Waals surface area (Å²) >= 11 is 0. The van der Waals surface area contributed by atoms with Crippen molar-refractivity contribution in [2.45, 2.75) is 33.2 Å². The summed E-state index contributed by atoms with van der Waals surface area (Å²) in [6, 6.07) is 5.40. The number of rotatable bonds is 8. The molecule has 0 saturated heterocycles. The van der Waals surface area contributed by atoms with Crippen molar-refractivity contribution in [2.75, 3.05) is 19.7 Å². The standard InChI is InChI=1S/C15H22N4O2/c1-4-21-15(20)14(17-9-6-10-18-19-16)13-8-5-7-11(2)12(13)3/h5,7-8,14,17H,4,6,9-10H2,1-3H3. The van der Waals surface area contributed by atoms with E-state index in [1.54, 1.807) is 6.92 Å². The summed E-state index contributed by atoms with van der Waals surface area (Å²) in [5.74, 6) is -0.282. The molecular formula is C15H22N4O2. The highest BCUT2D eigenvalue weighted by atomic mass is 16.5. The molecule has 1 N–H and O–H groups in total. The van der Waals surface area contributed by atoms with Crippen molar-refractivity contribution in [1.82, 2.24) is 5.32 Å². The quantitative estimate of drug-likeness (QED) is 0.262. The third-order valence-electron chi connectivity index (χ3n) is 3.33. The van der Waals surface area contributed by atoms with Crippen molar-refractivity contribution in [3.63, 3.8) is 0 Å². The lowest BCUT2D eigenvalue weighted by Crippen LogP contribution is -2.32. The van der Waals surface area contributed by atoms with Gasteiger partial charge in [-0.1, -0.05) is 23.3 Å². The average Bonchev–Trinajstić information content (AvgIpc) is 2.46. The first-order chi connectivity index (χ1) is 10.1. The van der Waals surface area contributed by atoms with Crippen LogP contribution in [0.1, 0.15) is 36.1 Å². The lowest BCUT2D eigenvalue weighted by atomic mass is 9.97. The highest BCUT2D eigenvalue weighted by molar-refractivity contribution is 5.78. The first-order valence-electron chi connectivity index (χ1n) is 7.08. The maximum Gasteiger partial charge on any atom is 0.327 e. The molecule has 0 aromatic heterocycles. The van der Waals surface area contributed by atoms with Gasteiger partial charge in [-0.05, 0) is 56.0 Å². The predicted octanol–water partition coefficient (Wildman–Crippen LogP) is 3.20. The second-order valence-corrected chi connectivity index (χ2v) is 4.74. The van der Waals surface area contributed by atoms with Crippen LogP contribution in [-0.4, -0.2) is 25.7 Å². The molecule has 6 heteroatoms. The van der Waals surface area contributed by atoms with Gasteiger partial charge in [-0.3, -0.25) is 0 Å². The molecule has 1 rings (SSSR count). The number of carbonyl (C=O) groups is 1. The zero-order valence-corrected chi connectivity index (χ0v) is 12.8. The number of nitrogens with zero attached hydrogens (tertiary/aromatic N) is 3. The molecule has 114 valence electrons. The van der Waals surface area contributed by atoms with Gasteiger partial charge < -0.3 is 10.1 Å². The van der Waals surface area contributed by atoms with Crippen LogP contribution in [0.4, 0.5) is 0 Å². The van der Waals surface area contributed by atoms with Gasteiger partial charge in [0.1, 0.15) is 6.04 Å². The number of esters is 1. The molecular weight excluding hydrogens is 268 g/mol. The first kappa shape index (κ1) is 17.0. The van der Waals surface area contributed by atoms with E-state index < -0.39 is 6.04 Å². The van der Waals surface area contributed by atoms with Crippen LogP contribution in [0.5, 0.6) is 0 Å². The highest BCUT2D eigenvalue weighted by Crippen LogP contribution is 2.21. The number of hydrogen-bond acceptors (Lipinski definition) is 4. The minimum absolute atomic E-state index is 0.282. The SMILES string of the molecule is CCOC(=O)C(NCCCN=[N+]=[N-])c1cccc(C)c1C. The topological polar surface area (TPSA) is 87.1 Å². The van der Waals surface area contributed by atoms with Crippen LogP contribution < -0.4 is 5.32 Å². The highest BCUT2D eigenvalue weighted by Gasteiger charge is 2.23. The number of carbonyl (C=O) groups excluding carboxylic acids is 1. The molecule has 1 aromatic carbocycles. The number of aryl methyl sites for hydroxylation is 1. The van der Waals surface area contributed by atoms with Crippen molar-refractivity contribution in [2.24, 2.45) is 5.11 Å². The zero-order valence-electron chi connectivity index (χ0n) is 12.8. The van der Waals surface area contributed by atoms with E-state index in [0.717, 1.165) is 16.7 Å². The molecule has 0 aliphatic carbocycles. The zero-order chi connectivity index (χ0) is 15.7. The largest absolute Gasteiger partial charge is 0.465 e. The Morgan fingerprint density at radius 1 is 1.48 bits per heavy atom. The summed E-state index contributed by atoms with van der Waals surface area (Å²) in [5.41, 5.74) is 11.4. The lowest BCUT2D eigenvalue weighted by molar-refractivity contribution is -0.145. The van der Waals surface area contributed by atoms with Crippen molar-refractivity contribution >= 4 is 5.97 Å². The fourth-order valence-electron chi connectivity index (χ4n) is 2.07. The summed E-state index contributed by atoms with van der Waals surface area (Å²) in [5, 5.41) is 6.67. The molecule has 0 heterocycles. The minimum atomic E-state index is -0.490. The van der Waals surface area contributed by atoms with Crippen molar-refractivity contribution in [3.05, 3.63) is 45.3 Å². The summed E-state index contributed by atoms with van der Waals surface area (Å²) in [6.45, 7) is 7.14. The number of nitrogens with one attached hydrogen (secondary N) is 1. The smallest absolute Gasteiger partial charge is 0.327 e. The number of benzene rings is 1. The van der Waals surface area contributed by atoms with Gasteiger partial charge in [-0.2, -0.15) is 0 Å². The van der Waals surface area contributed by atoms with Gasteiger partial charge in [0.2, 0.25) is 0 Å². The molecule has 1 aromatic rings. The van der Waals surface area contributed by atoms with Gasteiger partial charge in [0, 0.05) is 11.5 Å². The molecule has 1 atom stereocenters. The van der Waals surface area contributed by atoms with Crippen LogP contribution in [0.3, 0.4) is 0 Å². The van der Waals surface area contributed by atoms with Gasteiger partial charge in [-0.15, -0.1) is 0 Å². The molecule has 0 amide bonds. The van der Waals surface area contributed by atoms with E-state index in [1.165, 1.54) is 0 Å². The third kappa shape index (κ3) is 5.10. The van der Waals surface area contributed by atoms with Crippen LogP contribution in [0.15, 0.2) is 23.3 Å². The Labute approximate surface area is 125 Å². The summed E-state index contributed by atoms with van der Waals surface area (Å²) in [4.78, 5) is 14.9. The van der Waals surface area contributed by atoms with Crippen molar-refractivity contribution in [3.8, 4) is 0 Å². The van der Waals surface area contributed by atoms with E-state index in [1.807, 2.05) is 32.0 Å². The average molecular weight is 290 g/mol. The van der Waals surface area contributed by atoms with Gasteiger partial charge >= 0.3 is 5.97 Å². The van der Waals surface area contributed by atoms with Gasteiger partial charge in [0.15, 0.2) is 0 Å².